The van der Waals surface area contributed by atoms with Gasteiger partial charge in [0.1, 0.15) is 0 Å². The molecule has 0 spiro atoms. The van der Waals surface area contributed by atoms with Gasteiger partial charge in [-0.05, 0) is 29.6 Å². The smallest absolute Gasteiger partial charge is 0.0677 e. The lowest BCUT2D eigenvalue weighted by molar-refractivity contribution is 0.849. The maximum atomic E-state index is 8.24. The lowest BCUT2D eigenvalue weighted by atomic mass is 10.1. The summed E-state index contributed by atoms with van der Waals surface area (Å²) in [6.07, 6.45) is 4.36. The summed E-state index contributed by atoms with van der Waals surface area (Å²) in [6.45, 7) is 0.467. The summed E-state index contributed by atoms with van der Waals surface area (Å²) in [7, 11) is 0. The van der Waals surface area contributed by atoms with Crippen LogP contribution in [0, 0.1) is 0 Å². The average molecular weight is 213 g/mol. The molecule has 0 bridgehead atoms. The van der Waals surface area contributed by atoms with Gasteiger partial charge in [0.05, 0.1) is 5.69 Å². The molecule has 0 N–H and O–H groups in total. The molecule has 0 unspecified atom stereocenters. The molecule has 1 aromatic heterocycles. The summed E-state index contributed by atoms with van der Waals surface area (Å²) < 4.78 is 1.81. The number of aromatic nitrogens is 2. The molecule has 0 saturated heterocycles. The van der Waals surface area contributed by atoms with Crippen LogP contribution in [0.2, 0.25) is 0 Å². The van der Waals surface area contributed by atoms with Crippen LogP contribution in [0.5, 0.6) is 0 Å². The van der Waals surface area contributed by atoms with Crippen LogP contribution in [-0.4, -0.2) is 16.3 Å². The highest BCUT2D eigenvalue weighted by atomic mass is 15.3. The van der Waals surface area contributed by atoms with E-state index < -0.39 is 0 Å². The topological polar surface area (TPSA) is 66.6 Å². The summed E-state index contributed by atoms with van der Waals surface area (Å²) in [4.78, 5) is 2.75. The molecule has 2 rings (SSSR count). The van der Waals surface area contributed by atoms with E-state index in [4.69, 9.17) is 5.53 Å². The highest BCUT2D eigenvalue weighted by Gasteiger charge is 2.02. The molecule has 0 aliphatic carbocycles. The van der Waals surface area contributed by atoms with Gasteiger partial charge in [0.2, 0.25) is 0 Å². The number of para-hydroxylation sites is 1. The maximum Gasteiger partial charge on any atom is 0.0677 e. The predicted molar refractivity (Wildman–Crippen MR) is 61.3 cm³/mol. The van der Waals surface area contributed by atoms with E-state index in [1.807, 2.05) is 41.2 Å². The van der Waals surface area contributed by atoms with Crippen LogP contribution in [0.25, 0.3) is 16.1 Å². The third-order valence-electron chi connectivity index (χ3n) is 2.29. The second kappa shape index (κ2) is 5.00. The highest BCUT2D eigenvalue weighted by molar-refractivity contribution is 5.40. The lowest BCUT2D eigenvalue weighted by Gasteiger charge is -2.07. The van der Waals surface area contributed by atoms with Crippen LogP contribution in [-0.2, 0) is 6.42 Å². The van der Waals surface area contributed by atoms with Gasteiger partial charge in [-0.25, -0.2) is 4.68 Å². The first kappa shape index (κ1) is 10.3. The van der Waals surface area contributed by atoms with Crippen molar-refractivity contribution in [1.82, 2.24) is 9.78 Å². The van der Waals surface area contributed by atoms with Crippen molar-refractivity contribution < 1.29 is 0 Å². The molecule has 5 heteroatoms. The van der Waals surface area contributed by atoms with Crippen LogP contribution in [0.3, 0.4) is 0 Å². The van der Waals surface area contributed by atoms with Crippen molar-refractivity contribution in [2.75, 3.05) is 6.54 Å². The Morgan fingerprint density at radius 1 is 1.31 bits per heavy atom. The number of rotatable bonds is 4. The number of nitrogens with zero attached hydrogens (tertiary/aromatic N) is 5. The van der Waals surface area contributed by atoms with E-state index in [2.05, 4.69) is 15.1 Å². The van der Waals surface area contributed by atoms with Crippen LogP contribution in [0.4, 0.5) is 0 Å². The highest BCUT2D eigenvalue weighted by Crippen LogP contribution is 2.13. The Morgan fingerprint density at radius 2 is 2.19 bits per heavy atom. The van der Waals surface area contributed by atoms with Crippen molar-refractivity contribution in [2.24, 2.45) is 5.11 Å². The third-order valence-corrected chi connectivity index (χ3v) is 2.29. The minimum atomic E-state index is 0.467. The minimum absolute atomic E-state index is 0.467. The maximum absolute atomic E-state index is 8.24. The summed E-state index contributed by atoms with van der Waals surface area (Å²) in [5, 5.41) is 7.73. The molecule has 0 atom stereocenters. The fourth-order valence-electron chi connectivity index (χ4n) is 1.57. The van der Waals surface area contributed by atoms with E-state index in [0.29, 0.717) is 6.54 Å². The zero-order chi connectivity index (χ0) is 11.2. The van der Waals surface area contributed by atoms with Crippen molar-refractivity contribution in [1.29, 1.82) is 0 Å². The Hall–Kier alpha value is -2.26. The molecule has 0 radical (unpaired) electrons. The van der Waals surface area contributed by atoms with Crippen LogP contribution >= 0.6 is 0 Å². The minimum Gasteiger partial charge on any atom is -0.241 e. The average Bonchev–Trinajstić information content (AvgIpc) is 2.83. The molecule has 0 aliphatic rings. The van der Waals surface area contributed by atoms with Crippen LogP contribution in [0.1, 0.15) is 5.56 Å². The zero-order valence-electron chi connectivity index (χ0n) is 8.69. The molecular weight excluding hydrogens is 202 g/mol. The molecule has 0 fully saturated rings. The second-order valence-electron chi connectivity index (χ2n) is 3.28. The zero-order valence-corrected chi connectivity index (χ0v) is 8.69. The molecule has 1 heterocycles. The van der Waals surface area contributed by atoms with Gasteiger partial charge in [-0.2, -0.15) is 5.10 Å². The molecule has 16 heavy (non-hydrogen) atoms. The molecule has 80 valence electrons. The first-order chi connectivity index (χ1) is 7.92. The molecule has 0 aliphatic heterocycles. The van der Waals surface area contributed by atoms with Crippen LogP contribution in [0.15, 0.2) is 47.8 Å². The first-order valence-corrected chi connectivity index (χ1v) is 5.00. The molecule has 0 saturated carbocycles. The molecule has 0 amide bonds. The fraction of sp³-hybridized carbons (Fsp3) is 0.182. The third kappa shape index (κ3) is 2.21. The quantitative estimate of drug-likeness (QED) is 0.437. The molecule has 5 nitrogen and oxygen atoms in total. The predicted octanol–water partition coefficient (Wildman–Crippen LogP) is 2.73. The first-order valence-electron chi connectivity index (χ1n) is 5.00. The second-order valence-corrected chi connectivity index (χ2v) is 3.28. The van der Waals surface area contributed by atoms with Crippen molar-refractivity contribution >= 4 is 0 Å². The molecule has 2 aromatic rings. The number of benzene rings is 1. The Bertz CT molecular complexity index is 497. The normalized spacial score (nSPS) is 9.75. The largest absolute Gasteiger partial charge is 0.241 e. The van der Waals surface area contributed by atoms with E-state index in [1.165, 1.54) is 0 Å². The van der Waals surface area contributed by atoms with Gasteiger partial charge < -0.3 is 0 Å². The van der Waals surface area contributed by atoms with Gasteiger partial charge in [0, 0.05) is 23.9 Å². The number of hydrogen-bond donors (Lipinski definition) is 0. The van der Waals surface area contributed by atoms with E-state index in [1.54, 1.807) is 6.20 Å². The number of hydrogen-bond acceptors (Lipinski definition) is 2. The standard InChI is InChI=1S/C11H11N5/c12-15-13-8-6-10-4-1-2-5-11(10)16-9-3-7-14-16/h1-5,7,9H,6,8H2. The van der Waals surface area contributed by atoms with Crippen molar-refractivity contribution in [3.05, 3.63) is 58.7 Å². The fourth-order valence-corrected chi connectivity index (χ4v) is 1.57. The summed E-state index contributed by atoms with van der Waals surface area (Å²) in [5.41, 5.74) is 10.4. The van der Waals surface area contributed by atoms with E-state index in [0.717, 1.165) is 17.7 Å². The summed E-state index contributed by atoms with van der Waals surface area (Å²) in [5.74, 6) is 0. The molecule has 1 aromatic carbocycles. The van der Waals surface area contributed by atoms with Crippen molar-refractivity contribution in [2.45, 2.75) is 6.42 Å². The van der Waals surface area contributed by atoms with Gasteiger partial charge in [0.25, 0.3) is 0 Å². The van der Waals surface area contributed by atoms with Crippen molar-refractivity contribution in [3.8, 4) is 5.69 Å². The van der Waals surface area contributed by atoms with Gasteiger partial charge in [-0.1, -0.05) is 23.3 Å². The monoisotopic (exact) mass is 213 g/mol. The van der Waals surface area contributed by atoms with Gasteiger partial charge in [-0.3, -0.25) is 0 Å². The van der Waals surface area contributed by atoms with E-state index in [9.17, 15) is 0 Å². The Morgan fingerprint density at radius 3 is 2.94 bits per heavy atom. The van der Waals surface area contributed by atoms with Crippen LogP contribution < -0.4 is 0 Å². The molecular formula is C11H11N5. The van der Waals surface area contributed by atoms with E-state index >= 15 is 0 Å². The van der Waals surface area contributed by atoms with Crippen molar-refractivity contribution in [3.63, 3.8) is 0 Å². The SMILES string of the molecule is [N-]=[N+]=NCCc1ccccc1-n1cccn1. The Kier molecular flexibility index (Phi) is 3.21. The Balaban J connectivity index is 2.27. The summed E-state index contributed by atoms with van der Waals surface area (Å²) >= 11 is 0. The number of azide groups is 1. The Labute approximate surface area is 93.0 Å². The van der Waals surface area contributed by atoms with Gasteiger partial charge in [-0.15, -0.1) is 0 Å². The van der Waals surface area contributed by atoms with Gasteiger partial charge >= 0.3 is 0 Å². The summed E-state index contributed by atoms with van der Waals surface area (Å²) in [6, 6.07) is 9.83. The lowest BCUT2D eigenvalue weighted by Crippen LogP contribution is -2.01. The van der Waals surface area contributed by atoms with E-state index in [-0.39, 0.29) is 0 Å². The van der Waals surface area contributed by atoms with Gasteiger partial charge in [0.15, 0.2) is 0 Å².